The van der Waals surface area contributed by atoms with Gasteiger partial charge in [0.05, 0.1) is 6.61 Å². The van der Waals surface area contributed by atoms with Crippen LogP contribution in [-0.2, 0) is 0 Å². The van der Waals surface area contributed by atoms with Crippen LogP contribution in [0.5, 0.6) is 0 Å². The third-order valence-corrected chi connectivity index (χ3v) is 1.67. The summed E-state index contributed by atoms with van der Waals surface area (Å²) in [6.07, 6.45) is -1.15. The van der Waals surface area contributed by atoms with Crippen LogP contribution in [-0.4, -0.2) is 33.8 Å². The van der Waals surface area contributed by atoms with Gasteiger partial charge in [-0.3, -0.25) is 0 Å². The third kappa shape index (κ3) is 2.27. The Kier molecular flexibility index (Phi) is 3.42. The molecule has 0 fully saturated rings. The van der Waals surface area contributed by atoms with Crippen molar-refractivity contribution in [1.82, 2.24) is 0 Å². The predicted octanol–water partition coefficient (Wildman–Crippen LogP) is 0.218. The maximum Gasteiger partial charge on any atom is 0.123 e. The fourth-order valence-electron chi connectivity index (χ4n) is 1.01. The van der Waals surface area contributed by atoms with Gasteiger partial charge in [0.2, 0.25) is 0 Å². The second-order valence-corrected chi connectivity index (χ2v) is 2.55. The second kappa shape index (κ2) is 4.59. The highest BCUT2D eigenvalue weighted by molar-refractivity contribution is 6.03. The molecule has 0 amide bonds. The monoisotopic (exact) mass is 181 g/mol. The number of rotatable bonds is 3. The van der Waals surface area contributed by atoms with Crippen LogP contribution < -0.4 is 0 Å². The van der Waals surface area contributed by atoms with E-state index < -0.39 is 12.7 Å². The average Bonchev–Trinajstić information content (AvgIpc) is 2.20. The smallest absolute Gasteiger partial charge is 0.123 e. The quantitative estimate of drug-likeness (QED) is 0.355. The lowest BCUT2D eigenvalue weighted by Crippen LogP contribution is -2.25. The minimum atomic E-state index is -1.15. The molecule has 70 valence electrons. The summed E-state index contributed by atoms with van der Waals surface area (Å²) in [7, 11) is 0. The zero-order valence-electron chi connectivity index (χ0n) is 6.96. The normalized spacial score (nSPS) is 14.2. The van der Waals surface area contributed by atoms with Crippen molar-refractivity contribution in [3.63, 3.8) is 0 Å². The zero-order chi connectivity index (χ0) is 9.68. The Balaban J connectivity index is 2.93. The van der Waals surface area contributed by atoms with E-state index in [1.165, 1.54) is 0 Å². The average molecular weight is 181 g/mol. The van der Waals surface area contributed by atoms with Gasteiger partial charge in [0.1, 0.15) is 11.8 Å². The molecule has 3 N–H and O–H groups in total. The number of aliphatic hydroxyl groups is 2. The van der Waals surface area contributed by atoms with Gasteiger partial charge < -0.3 is 15.4 Å². The first-order valence-corrected chi connectivity index (χ1v) is 3.86. The molecule has 4 heteroatoms. The summed E-state index contributed by atoms with van der Waals surface area (Å²) in [5.74, 6) is 0. The van der Waals surface area contributed by atoms with E-state index in [1.807, 2.05) is 6.07 Å². The van der Waals surface area contributed by atoms with Crippen molar-refractivity contribution >= 4 is 5.71 Å². The summed E-state index contributed by atoms with van der Waals surface area (Å²) in [4.78, 5) is 0. The Hall–Kier alpha value is -1.39. The van der Waals surface area contributed by atoms with Crippen molar-refractivity contribution in [3.05, 3.63) is 35.9 Å². The van der Waals surface area contributed by atoms with E-state index >= 15 is 0 Å². The van der Waals surface area contributed by atoms with Crippen molar-refractivity contribution in [2.75, 3.05) is 6.61 Å². The molecule has 0 spiro atoms. The van der Waals surface area contributed by atoms with Crippen molar-refractivity contribution in [3.8, 4) is 0 Å². The van der Waals surface area contributed by atoms with Crippen LogP contribution in [0, 0.1) is 0 Å². The Morgan fingerprint density at radius 2 is 1.92 bits per heavy atom. The standard InChI is InChI=1S/C9H11NO3/c11-6-8(12)9(10-13)7-4-2-1-3-5-7/h1-5,8,11-13H,6H2. The van der Waals surface area contributed by atoms with Crippen LogP contribution in [0.15, 0.2) is 35.5 Å². The minimum Gasteiger partial charge on any atom is -0.411 e. The fourth-order valence-corrected chi connectivity index (χ4v) is 1.01. The zero-order valence-corrected chi connectivity index (χ0v) is 6.96. The van der Waals surface area contributed by atoms with E-state index in [2.05, 4.69) is 5.16 Å². The highest BCUT2D eigenvalue weighted by Gasteiger charge is 2.13. The van der Waals surface area contributed by atoms with E-state index in [-0.39, 0.29) is 5.71 Å². The largest absolute Gasteiger partial charge is 0.411 e. The van der Waals surface area contributed by atoms with Gasteiger partial charge in [0.25, 0.3) is 0 Å². The molecule has 1 atom stereocenters. The molecule has 0 saturated heterocycles. The summed E-state index contributed by atoms with van der Waals surface area (Å²) in [6, 6.07) is 8.70. The van der Waals surface area contributed by atoms with Gasteiger partial charge in [0, 0.05) is 5.56 Å². The number of oxime groups is 1. The number of nitrogens with zero attached hydrogens (tertiary/aromatic N) is 1. The molecule has 1 aromatic rings. The molecule has 4 nitrogen and oxygen atoms in total. The van der Waals surface area contributed by atoms with Crippen LogP contribution in [0.2, 0.25) is 0 Å². The summed E-state index contributed by atoms with van der Waals surface area (Å²) in [5, 5.41) is 29.4. The lowest BCUT2D eigenvalue weighted by molar-refractivity contribution is 0.141. The van der Waals surface area contributed by atoms with Gasteiger partial charge >= 0.3 is 0 Å². The Morgan fingerprint density at radius 3 is 2.38 bits per heavy atom. The van der Waals surface area contributed by atoms with Crippen molar-refractivity contribution in [2.24, 2.45) is 5.16 Å². The summed E-state index contributed by atoms with van der Waals surface area (Å²) >= 11 is 0. The highest BCUT2D eigenvalue weighted by Crippen LogP contribution is 2.04. The van der Waals surface area contributed by atoms with E-state index in [4.69, 9.17) is 10.3 Å². The summed E-state index contributed by atoms with van der Waals surface area (Å²) in [5.41, 5.74) is 0.662. The molecule has 0 aliphatic rings. The first-order chi connectivity index (χ1) is 6.29. The van der Waals surface area contributed by atoms with Gasteiger partial charge in [-0.05, 0) is 0 Å². The number of benzene rings is 1. The number of hydrogen-bond acceptors (Lipinski definition) is 4. The lowest BCUT2D eigenvalue weighted by Gasteiger charge is -2.08. The Morgan fingerprint density at radius 1 is 1.31 bits per heavy atom. The second-order valence-electron chi connectivity index (χ2n) is 2.55. The van der Waals surface area contributed by atoms with Gasteiger partial charge in [0.15, 0.2) is 0 Å². The SMILES string of the molecule is OCC(O)C(=NO)c1ccccc1. The Bertz CT molecular complexity index is 284. The van der Waals surface area contributed by atoms with E-state index in [9.17, 15) is 5.11 Å². The molecule has 1 aromatic carbocycles. The molecule has 1 unspecified atom stereocenters. The first kappa shape index (κ1) is 9.70. The van der Waals surface area contributed by atoms with Crippen LogP contribution in [0.25, 0.3) is 0 Å². The van der Waals surface area contributed by atoms with Crippen molar-refractivity contribution < 1.29 is 15.4 Å². The number of hydrogen-bond donors (Lipinski definition) is 3. The molecule has 0 bridgehead atoms. The predicted molar refractivity (Wildman–Crippen MR) is 47.9 cm³/mol. The van der Waals surface area contributed by atoms with Crippen LogP contribution in [0.3, 0.4) is 0 Å². The van der Waals surface area contributed by atoms with Gasteiger partial charge in [-0.15, -0.1) is 0 Å². The summed E-state index contributed by atoms with van der Waals surface area (Å²) < 4.78 is 0. The van der Waals surface area contributed by atoms with Crippen LogP contribution in [0.1, 0.15) is 5.56 Å². The minimum absolute atomic E-state index is 0.0723. The van der Waals surface area contributed by atoms with Gasteiger partial charge in [-0.1, -0.05) is 35.5 Å². The fraction of sp³-hybridized carbons (Fsp3) is 0.222. The molecule has 13 heavy (non-hydrogen) atoms. The molecule has 1 rings (SSSR count). The molecule has 0 aliphatic heterocycles. The topological polar surface area (TPSA) is 73.0 Å². The highest BCUT2D eigenvalue weighted by atomic mass is 16.4. The molecule has 0 aromatic heterocycles. The van der Waals surface area contributed by atoms with Crippen LogP contribution in [0.4, 0.5) is 0 Å². The first-order valence-electron chi connectivity index (χ1n) is 3.86. The lowest BCUT2D eigenvalue weighted by atomic mass is 10.1. The maximum absolute atomic E-state index is 9.23. The van der Waals surface area contributed by atoms with Crippen LogP contribution >= 0.6 is 0 Å². The molecule has 0 aliphatic carbocycles. The van der Waals surface area contributed by atoms with Crippen molar-refractivity contribution in [2.45, 2.75) is 6.10 Å². The summed E-state index contributed by atoms with van der Waals surface area (Å²) in [6.45, 7) is -0.464. The number of aliphatic hydroxyl groups excluding tert-OH is 2. The van der Waals surface area contributed by atoms with E-state index in [0.29, 0.717) is 5.56 Å². The van der Waals surface area contributed by atoms with Gasteiger partial charge in [-0.25, -0.2) is 0 Å². The maximum atomic E-state index is 9.23. The van der Waals surface area contributed by atoms with E-state index in [0.717, 1.165) is 0 Å². The van der Waals surface area contributed by atoms with Crippen molar-refractivity contribution in [1.29, 1.82) is 0 Å². The molecular weight excluding hydrogens is 170 g/mol. The molecule has 0 heterocycles. The molecular formula is C9H11NO3. The Labute approximate surface area is 75.8 Å². The molecule has 0 radical (unpaired) electrons. The third-order valence-electron chi connectivity index (χ3n) is 1.67. The van der Waals surface area contributed by atoms with Gasteiger partial charge in [-0.2, -0.15) is 0 Å². The molecule has 0 saturated carbocycles. The van der Waals surface area contributed by atoms with E-state index in [1.54, 1.807) is 24.3 Å².